The third kappa shape index (κ3) is 4.52. The SMILES string of the molecule is O=C(O)[C@@H](Cc1ccccc1)NCC1CC=CCC1. The summed E-state index contributed by atoms with van der Waals surface area (Å²) in [7, 11) is 0. The van der Waals surface area contributed by atoms with Gasteiger partial charge in [0.15, 0.2) is 0 Å². The number of aliphatic carboxylic acids is 1. The normalized spacial score (nSPS) is 20.1. The minimum atomic E-state index is -0.768. The van der Waals surface area contributed by atoms with Gasteiger partial charge in [-0.15, -0.1) is 0 Å². The molecule has 0 spiro atoms. The third-order valence-electron chi connectivity index (χ3n) is 3.61. The van der Waals surface area contributed by atoms with Crippen molar-refractivity contribution < 1.29 is 9.90 Å². The van der Waals surface area contributed by atoms with Gasteiger partial charge in [-0.25, -0.2) is 0 Å². The average molecular weight is 259 g/mol. The summed E-state index contributed by atoms with van der Waals surface area (Å²) in [6.07, 6.45) is 8.27. The van der Waals surface area contributed by atoms with Crippen molar-refractivity contribution in [2.24, 2.45) is 5.92 Å². The van der Waals surface area contributed by atoms with E-state index in [1.165, 1.54) is 0 Å². The first kappa shape index (κ1) is 13.8. The van der Waals surface area contributed by atoms with E-state index < -0.39 is 12.0 Å². The molecule has 0 saturated carbocycles. The monoisotopic (exact) mass is 259 g/mol. The van der Waals surface area contributed by atoms with Crippen molar-refractivity contribution >= 4 is 5.97 Å². The van der Waals surface area contributed by atoms with Gasteiger partial charge in [0.1, 0.15) is 6.04 Å². The molecule has 19 heavy (non-hydrogen) atoms. The smallest absolute Gasteiger partial charge is 0.321 e. The molecule has 0 aliphatic heterocycles. The van der Waals surface area contributed by atoms with Crippen LogP contribution >= 0.6 is 0 Å². The highest BCUT2D eigenvalue weighted by atomic mass is 16.4. The summed E-state index contributed by atoms with van der Waals surface area (Å²) >= 11 is 0. The molecule has 3 heteroatoms. The van der Waals surface area contributed by atoms with Crippen LogP contribution in [0.3, 0.4) is 0 Å². The molecule has 2 N–H and O–H groups in total. The molecule has 1 aliphatic carbocycles. The molecule has 1 aromatic carbocycles. The van der Waals surface area contributed by atoms with Gasteiger partial charge in [0.05, 0.1) is 0 Å². The highest BCUT2D eigenvalue weighted by Gasteiger charge is 2.19. The summed E-state index contributed by atoms with van der Waals surface area (Å²) in [4.78, 5) is 11.3. The molecule has 0 amide bonds. The third-order valence-corrected chi connectivity index (χ3v) is 3.61. The molecule has 1 aromatic rings. The molecular weight excluding hydrogens is 238 g/mol. The van der Waals surface area contributed by atoms with Crippen molar-refractivity contribution in [1.29, 1.82) is 0 Å². The lowest BCUT2D eigenvalue weighted by atomic mass is 9.94. The van der Waals surface area contributed by atoms with E-state index in [1.54, 1.807) is 0 Å². The Balaban J connectivity index is 1.86. The van der Waals surface area contributed by atoms with E-state index in [0.29, 0.717) is 12.3 Å². The molecule has 0 aromatic heterocycles. The van der Waals surface area contributed by atoms with Gasteiger partial charge >= 0.3 is 5.97 Å². The number of nitrogens with one attached hydrogen (secondary N) is 1. The fraction of sp³-hybridized carbons (Fsp3) is 0.438. The zero-order valence-corrected chi connectivity index (χ0v) is 11.1. The summed E-state index contributed by atoms with van der Waals surface area (Å²) < 4.78 is 0. The van der Waals surface area contributed by atoms with Gasteiger partial charge in [-0.1, -0.05) is 42.5 Å². The fourth-order valence-corrected chi connectivity index (χ4v) is 2.45. The Kier molecular flexibility index (Phi) is 5.16. The number of hydrogen-bond acceptors (Lipinski definition) is 2. The molecule has 0 radical (unpaired) electrons. The van der Waals surface area contributed by atoms with E-state index in [-0.39, 0.29) is 0 Å². The second kappa shape index (κ2) is 7.10. The molecule has 1 aliphatic rings. The van der Waals surface area contributed by atoms with Gasteiger partial charge in [0, 0.05) is 0 Å². The van der Waals surface area contributed by atoms with E-state index in [2.05, 4.69) is 17.5 Å². The molecule has 3 nitrogen and oxygen atoms in total. The largest absolute Gasteiger partial charge is 0.480 e. The van der Waals surface area contributed by atoms with Crippen LogP contribution in [0.1, 0.15) is 24.8 Å². The Morgan fingerprint density at radius 3 is 2.74 bits per heavy atom. The number of benzene rings is 1. The summed E-state index contributed by atoms with van der Waals surface area (Å²) in [6, 6.07) is 9.29. The average Bonchev–Trinajstić information content (AvgIpc) is 2.45. The number of carboxylic acids is 1. The van der Waals surface area contributed by atoms with Crippen molar-refractivity contribution in [3.63, 3.8) is 0 Å². The fourth-order valence-electron chi connectivity index (χ4n) is 2.45. The zero-order chi connectivity index (χ0) is 13.5. The van der Waals surface area contributed by atoms with Crippen LogP contribution < -0.4 is 5.32 Å². The van der Waals surface area contributed by atoms with Crippen LogP contribution in [0.4, 0.5) is 0 Å². The van der Waals surface area contributed by atoms with Crippen molar-refractivity contribution in [3.8, 4) is 0 Å². The van der Waals surface area contributed by atoms with Crippen molar-refractivity contribution in [3.05, 3.63) is 48.0 Å². The maximum absolute atomic E-state index is 11.3. The van der Waals surface area contributed by atoms with Crippen LogP contribution in [-0.4, -0.2) is 23.7 Å². The molecular formula is C16H21NO2. The number of rotatable bonds is 6. The van der Waals surface area contributed by atoms with Crippen LogP contribution in [0.5, 0.6) is 0 Å². The molecule has 0 heterocycles. The number of carbonyl (C=O) groups is 1. The number of carboxylic acid groups (broad SMARTS) is 1. The highest BCUT2D eigenvalue weighted by Crippen LogP contribution is 2.17. The molecule has 2 rings (SSSR count). The van der Waals surface area contributed by atoms with Gasteiger partial charge in [0.25, 0.3) is 0 Å². The summed E-state index contributed by atoms with van der Waals surface area (Å²) in [5.41, 5.74) is 1.06. The first-order valence-electron chi connectivity index (χ1n) is 6.91. The van der Waals surface area contributed by atoms with Crippen molar-refractivity contribution in [1.82, 2.24) is 5.32 Å². The van der Waals surface area contributed by atoms with Crippen LogP contribution in [0.2, 0.25) is 0 Å². The lowest BCUT2D eigenvalue weighted by Crippen LogP contribution is -2.41. The summed E-state index contributed by atoms with van der Waals surface area (Å²) in [5, 5.41) is 12.5. The highest BCUT2D eigenvalue weighted by molar-refractivity contribution is 5.73. The molecule has 0 bridgehead atoms. The predicted octanol–water partition coefficient (Wildman–Crippen LogP) is 2.63. The Bertz CT molecular complexity index is 428. The van der Waals surface area contributed by atoms with Crippen LogP contribution in [0, 0.1) is 5.92 Å². The Morgan fingerprint density at radius 2 is 2.11 bits per heavy atom. The van der Waals surface area contributed by atoms with Crippen LogP contribution in [0.15, 0.2) is 42.5 Å². The summed E-state index contributed by atoms with van der Waals surface area (Å²) in [5.74, 6) is -0.196. The van der Waals surface area contributed by atoms with Gasteiger partial charge in [-0.2, -0.15) is 0 Å². The quantitative estimate of drug-likeness (QED) is 0.772. The minimum absolute atomic E-state index is 0.492. The maximum atomic E-state index is 11.3. The van der Waals surface area contributed by atoms with Gasteiger partial charge in [0.2, 0.25) is 0 Å². The second-order valence-electron chi connectivity index (χ2n) is 5.14. The van der Waals surface area contributed by atoms with E-state index in [9.17, 15) is 9.90 Å². The number of hydrogen-bond donors (Lipinski definition) is 2. The minimum Gasteiger partial charge on any atom is -0.480 e. The first-order valence-corrected chi connectivity index (χ1v) is 6.91. The lowest BCUT2D eigenvalue weighted by Gasteiger charge is -2.21. The zero-order valence-electron chi connectivity index (χ0n) is 11.1. The standard InChI is InChI=1S/C16H21NO2/c18-16(19)15(11-13-7-3-1-4-8-13)17-12-14-9-5-2-6-10-14/h1-5,7-8,14-15,17H,6,9-12H2,(H,18,19)/t14?,15-/m1/s1. The van der Waals surface area contributed by atoms with E-state index in [1.807, 2.05) is 30.3 Å². The molecule has 102 valence electrons. The van der Waals surface area contributed by atoms with E-state index in [4.69, 9.17) is 0 Å². The topological polar surface area (TPSA) is 49.3 Å². The predicted molar refractivity (Wildman–Crippen MR) is 76.1 cm³/mol. The van der Waals surface area contributed by atoms with Gasteiger partial charge in [-0.05, 0) is 43.7 Å². The van der Waals surface area contributed by atoms with Gasteiger partial charge < -0.3 is 10.4 Å². The lowest BCUT2D eigenvalue weighted by molar-refractivity contribution is -0.139. The summed E-state index contributed by atoms with van der Waals surface area (Å²) in [6.45, 7) is 0.786. The first-order chi connectivity index (χ1) is 9.25. The Morgan fingerprint density at radius 1 is 1.32 bits per heavy atom. The van der Waals surface area contributed by atoms with Crippen molar-refractivity contribution in [2.75, 3.05) is 6.54 Å². The Hall–Kier alpha value is -1.61. The van der Waals surface area contributed by atoms with Crippen LogP contribution in [-0.2, 0) is 11.2 Å². The van der Waals surface area contributed by atoms with Crippen molar-refractivity contribution in [2.45, 2.75) is 31.7 Å². The Labute approximate surface area is 114 Å². The van der Waals surface area contributed by atoms with Gasteiger partial charge in [-0.3, -0.25) is 4.79 Å². The van der Waals surface area contributed by atoms with E-state index >= 15 is 0 Å². The maximum Gasteiger partial charge on any atom is 0.321 e. The molecule has 0 fully saturated rings. The number of allylic oxidation sites excluding steroid dienone is 2. The second-order valence-corrected chi connectivity index (χ2v) is 5.14. The molecule has 0 saturated heterocycles. The molecule has 2 atom stereocenters. The molecule has 1 unspecified atom stereocenters. The van der Waals surface area contributed by atoms with Crippen LogP contribution in [0.25, 0.3) is 0 Å². The van der Waals surface area contributed by atoms with E-state index in [0.717, 1.165) is 31.4 Å².